The van der Waals surface area contributed by atoms with E-state index in [0.29, 0.717) is 5.16 Å². The predicted octanol–water partition coefficient (Wildman–Crippen LogP) is 2.28. The number of halogens is 2. The van der Waals surface area contributed by atoms with Gasteiger partial charge >= 0.3 is 11.1 Å². The zero-order valence-corrected chi connectivity index (χ0v) is 15.3. The van der Waals surface area contributed by atoms with Gasteiger partial charge in [0.05, 0.1) is 6.54 Å². The number of H-pyrrole nitrogens is 1. The van der Waals surface area contributed by atoms with Crippen LogP contribution in [0.15, 0.2) is 32.9 Å². The van der Waals surface area contributed by atoms with E-state index in [9.17, 15) is 18.4 Å². The summed E-state index contributed by atoms with van der Waals surface area (Å²) in [4.78, 5) is 35.1. The van der Waals surface area contributed by atoms with E-state index in [4.69, 9.17) is 5.73 Å². The molecule has 27 heavy (non-hydrogen) atoms. The molecule has 0 aliphatic rings. The number of aromatic nitrogens is 4. The average molecular weight is 393 g/mol. The summed E-state index contributed by atoms with van der Waals surface area (Å²) in [6, 6.07) is 3.37. The Hall–Kier alpha value is -2.75. The smallest absolute Gasteiger partial charge is 0.318 e. The number of benzene rings is 1. The first-order chi connectivity index (χ1) is 12.9. The van der Waals surface area contributed by atoms with Crippen molar-refractivity contribution < 1.29 is 8.78 Å². The molecule has 0 bridgehead atoms. The van der Waals surface area contributed by atoms with E-state index in [1.807, 2.05) is 6.92 Å². The van der Waals surface area contributed by atoms with Gasteiger partial charge in [0, 0.05) is 11.3 Å². The molecule has 2 aromatic heterocycles. The second-order valence-corrected chi connectivity index (χ2v) is 6.90. The molecular weight excluding hydrogens is 376 g/mol. The number of nitrogens with one attached hydrogen (secondary N) is 1. The molecule has 0 aliphatic carbocycles. The molecule has 0 amide bonds. The molecule has 0 aliphatic heterocycles. The van der Waals surface area contributed by atoms with Crippen LogP contribution < -0.4 is 16.9 Å². The minimum Gasteiger partial charge on any atom is -0.382 e. The maximum Gasteiger partial charge on any atom is 0.318 e. The van der Waals surface area contributed by atoms with Crippen LogP contribution in [0.1, 0.15) is 25.3 Å². The zero-order valence-electron chi connectivity index (χ0n) is 14.5. The van der Waals surface area contributed by atoms with E-state index < -0.39 is 29.3 Å². The second-order valence-electron chi connectivity index (χ2n) is 5.84. The van der Waals surface area contributed by atoms with Crippen molar-refractivity contribution in [3.05, 3.63) is 56.1 Å². The topological polar surface area (TPSA) is 107 Å². The summed E-state index contributed by atoms with van der Waals surface area (Å²) >= 11 is 1.35. The number of nitrogens with zero attached hydrogens (tertiary/aromatic N) is 3. The van der Waals surface area contributed by atoms with E-state index in [2.05, 4.69) is 15.0 Å². The molecule has 0 atom stereocenters. The van der Waals surface area contributed by atoms with Crippen molar-refractivity contribution in [1.82, 2.24) is 19.5 Å². The SMILES string of the molecule is CCCCSc1nc(N)c2[nH]c(=O)c(=O)n(Cc3c(F)cccc3F)c2n1. The number of fused-ring (bicyclic) bond motifs is 1. The molecule has 1 aromatic carbocycles. The quantitative estimate of drug-likeness (QED) is 0.288. The third-order valence-corrected chi connectivity index (χ3v) is 4.87. The van der Waals surface area contributed by atoms with Crippen molar-refractivity contribution in [1.29, 1.82) is 0 Å². The van der Waals surface area contributed by atoms with Crippen LogP contribution in [-0.4, -0.2) is 25.3 Å². The van der Waals surface area contributed by atoms with Crippen molar-refractivity contribution in [2.75, 3.05) is 11.5 Å². The normalized spacial score (nSPS) is 11.2. The first-order valence-electron chi connectivity index (χ1n) is 8.28. The lowest BCUT2D eigenvalue weighted by Gasteiger charge is -2.12. The van der Waals surface area contributed by atoms with Crippen molar-refractivity contribution >= 4 is 28.7 Å². The number of nitrogens with two attached hydrogens (primary N) is 1. The summed E-state index contributed by atoms with van der Waals surface area (Å²) in [5.74, 6) is -0.916. The van der Waals surface area contributed by atoms with Crippen LogP contribution in [-0.2, 0) is 6.54 Å². The molecular formula is C17H17F2N5O2S. The molecule has 3 N–H and O–H groups in total. The standard InChI is InChI=1S/C17H17F2N5O2S/c1-2-3-7-27-17-22-13(20)12-14(23-17)24(16(26)15(25)21-12)8-9-10(18)5-4-6-11(9)19/h4-6H,2-3,7-8H2,1H3,(H,21,25)(H2,20,22,23). The third kappa shape index (κ3) is 3.85. The van der Waals surface area contributed by atoms with Crippen LogP contribution in [0.4, 0.5) is 14.6 Å². The molecule has 7 nitrogen and oxygen atoms in total. The molecule has 0 saturated carbocycles. The Morgan fingerprint density at radius 2 is 1.93 bits per heavy atom. The summed E-state index contributed by atoms with van der Waals surface area (Å²) in [5, 5.41) is 0.322. The van der Waals surface area contributed by atoms with E-state index in [0.717, 1.165) is 35.3 Å². The Balaban J connectivity index is 2.19. The van der Waals surface area contributed by atoms with E-state index >= 15 is 0 Å². The van der Waals surface area contributed by atoms with Gasteiger partial charge in [-0.25, -0.2) is 18.7 Å². The van der Waals surface area contributed by atoms with Crippen molar-refractivity contribution in [2.24, 2.45) is 0 Å². The molecule has 2 heterocycles. The summed E-state index contributed by atoms with van der Waals surface area (Å²) in [6.45, 7) is 1.55. The minimum absolute atomic E-state index is 0.0149. The first kappa shape index (κ1) is 19.0. The Labute approximate surface area is 156 Å². The van der Waals surface area contributed by atoms with Gasteiger partial charge in [0.25, 0.3) is 0 Å². The van der Waals surface area contributed by atoms with Gasteiger partial charge in [-0.15, -0.1) is 0 Å². The summed E-state index contributed by atoms with van der Waals surface area (Å²) < 4.78 is 29.0. The van der Waals surface area contributed by atoms with Gasteiger partial charge in [0.15, 0.2) is 16.6 Å². The van der Waals surface area contributed by atoms with Gasteiger partial charge in [0.2, 0.25) is 0 Å². The van der Waals surface area contributed by atoms with Gasteiger partial charge in [-0.1, -0.05) is 31.2 Å². The maximum absolute atomic E-state index is 14.0. The summed E-state index contributed by atoms with van der Waals surface area (Å²) in [5.41, 5.74) is 3.68. The second kappa shape index (κ2) is 7.87. The summed E-state index contributed by atoms with van der Waals surface area (Å²) in [6.07, 6.45) is 1.92. The number of nitrogen functional groups attached to an aromatic ring is 1. The highest BCUT2D eigenvalue weighted by Crippen LogP contribution is 2.22. The van der Waals surface area contributed by atoms with Crippen LogP contribution in [0.3, 0.4) is 0 Å². The highest BCUT2D eigenvalue weighted by molar-refractivity contribution is 7.99. The molecule has 10 heteroatoms. The Bertz CT molecular complexity index is 1090. The number of anilines is 1. The summed E-state index contributed by atoms with van der Waals surface area (Å²) in [7, 11) is 0. The molecule has 3 rings (SSSR count). The van der Waals surface area contributed by atoms with Crippen molar-refractivity contribution in [3.63, 3.8) is 0 Å². The Morgan fingerprint density at radius 3 is 2.59 bits per heavy atom. The molecule has 0 fully saturated rings. The number of hydrogen-bond acceptors (Lipinski definition) is 6. The number of thioether (sulfide) groups is 1. The number of rotatable bonds is 6. The van der Waals surface area contributed by atoms with Gasteiger partial charge in [-0.2, -0.15) is 0 Å². The molecule has 0 radical (unpaired) electrons. The fourth-order valence-electron chi connectivity index (χ4n) is 2.51. The van der Waals surface area contributed by atoms with Crippen molar-refractivity contribution in [3.8, 4) is 0 Å². The van der Waals surface area contributed by atoms with Crippen LogP contribution in [0.5, 0.6) is 0 Å². The lowest BCUT2D eigenvalue weighted by atomic mass is 10.2. The third-order valence-electron chi connectivity index (χ3n) is 3.94. The largest absolute Gasteiger partial charge is 0.382 e. The van der Waals surface area contributed by atoms with Crippen LogP contribution in [0.25, 0.3) is 11.2 Å². The predicted molar refractivity (Wildman–Crippen MR) is 99.9 cm³/mol. The molecule has 0 unspecified atom stereocenters. The highest BCUT2D eigenvalue weighted by Gasteiger charge is 2.17. The van der Waals surface area contributed by atoms with E-state index in [1.54, 1.807) is 0 Å². The molecule has 0 spiro atoms. The fraction of sp³-hybridized carbons (Fsp3) is 0.294. The lowest BCUT2D eigenvalue weighted by Crippen LogP contribution is -2.37. The minimum atomic E-state index is -0.979. The first-order valence-corrected chi connectivity index (χ1v) is 9.27. The van der Waals surface area contributed by atoms with Crippen molar-refractivity contribution in [2.45, 2.75) is 31.5 Å². The van der Waals surface area contributed by atoms with Gasteiger partial charge in [-0.3, -0.25) is 14.2 Å². The Morgan fingerprint density at radius 1 is 1.22 bits per heavy atom. The van der Waals surface area contributed by atoms with Gasteiger partial charge in [0.1, 0.15) is 17.2 Å². The molecule has 3 aromatic rings. The van der Waals surface area contributed by atoms with Crippen LogP contribution in [0.2, 0.25) is 0 Å². The Kier molecular flexibility index (Phi) is 5.54. The van der Waals surface area contributed by atoms with Gasteiger partial charge < -0.3 is 10.7 Å². The lowest BCUT2D eigenvalue weighted by molar-refractivity contribution is 0.543. The van der Waals surface area contributed by atoms with Crippen LogP contribution in [0, 0.1) is 11.6 Å². The molecule has 142 valence electrons. The number of aromatic amines is 1. The zero-order chi connectivity index (χ0) is 19.6. The van der Waals surface area contributed by atoms with E-state index in [-0.39, 0.29) is 22.5 Å². The highest BCUT2D eigenvalue weighted by atomic mass is 32.2. The van der Waals surface area contributed by atoms with E-state index in [1.165, 1.54) is 17.8 Å². The van der Waals surface area contributed by atoms with Crippen LogP contribution >= 0.6 is 11.8 Å². The fourth-order valence-corrected chi connectivity index (χ4v) is 3.44. The monoisotopic (exact) mass is 393 g/mol. The van der Waals surface area contributed by atoms with Gasteiger partial charge in [-0.05, 0) is 18.6 Å². The average Bonchev–Trinajstić information content (AvgIpc) is 2.62. The number of unbranched alkanes of at least 4 members (excludes halogenated alkanes) is 1. The molecule has 0 saturated heterocycles. The maximum atomic E-state index is 14.0. The number of hydrogen-bond donors (Lipinski definition) is 2.